The van der Waals surface area contributed by atoms with Crippen LogP contribution in [0.15, 0.2) is 41.2 Å². The van der Waals surface area contributed by atoms with Gasteiger partial charge in [0.25, 0.3) is 5.89 Å². The average Bonchev–Trinajstić information content (AvgIpc) is 3.22. The molecule has 1 aliphatic heterocycles. The lowest BCUT2D eigenvalue weighted by atomic mass is 9.62. The zero-order valence-corrected chi connectivity index (χ0v) is 19.0. The lowest BCUT2D eigenvalue weighted by molar-refractivity contribution is -0.0771. The van der Waals surface area contributed by atoms with Gasteiger partial charge in [0.15, 0.2) is 0 Å². The fraction of sp³-hybridized carbons (Fsp3) is 0.458. The maximum atomic E-state index is 14.9. The van der Waals surface area contributed by atoms with Gasteiger partial charge in [-0.05, 0) is 43.0 Å². The first kappa shape index (κ1) is 22.5. The second-order valence-electron chi connectivity index (χ2n) is 9.71. The van der Waals surface area contributed by atoms with Crippen molar-refractivity contribution in [2.75, 3.05) is 13.1 Å². The molecule has 2 aromatic heterocycles. The van der Waals surface area contributed by atoms with Gasteiger partial charge in [0.05, 0.1) is 0 Å². The predicted molar refractivity (Wildman–Crippen MR) is 117 cm³/mol. The van der Waals surface area contributed by atoms with Gasteiger partial charge in [-0.15, -0.1) is 0 Å². The molecule has 3 N–H and O–H groups in total. The quantitative estimate of drug-likeness (QED) is 0.539. The van der Waals surface area contributed by atoms with Gasteiger partial charge in [0, 0.05) is 42.0 Å². The summed E-state index contributed by atoms with van der Waals surface area (Å²) in [5.74, 6) is 0.0157. The second-order valence-corrected chi connectivity index (χ2v) is 9.71. The van der Waals surface area contributed by atoms with Gasteiger partial charge in [-0.25, -0.2) is 4.39 Å². The first-order valence-corrected chi connectivity index (χ1v) is 10.7. The molecule has 7 nitrogen and oxygen atoms in total. The van der Waals surface area contributed by atoms with Crippen LogP contribution in [0, 0.1) is 11.2 Å². The van der Waals surface area contributed by atoms with Crippen LogP contribution in [-0.4, -0.2) is 38.4 Å². The van der Waals surface area contributed by atoms with E-state index in [-0.39, 0.29) is 23.5 Å². The molecule has 0 bridgehead atoms. The summed E-state index contributed by atoms with van der Waals surface area (Å²) in [7, 11) is 0. The van der Waals surface area contributed by atoms with E-state index < -0.39 is 16.6 Å². The third-order valence-corrected chi connectivity index (χ3v) is 6.31. The Balaban J connectivity index is 1.83. The molecule has 0 amide bonds. The normalized spacial score (nSPS) is 17.8. The molecule has 1 aliphatic rings. The highest BCUT2D eigenvalue weighted by Crippen LogP contribution is 2.48. The SMILES string of the molecule is CC(C)c1ccc([C@](O)(c2cncc(-c3noc(C(C)(C)O)n3)c2)C2(C)CNC2)cc1F. The van der Waals surface area contributed by atoms with Gasteiger partial charge in [0.1, 0.15) is 17.0 Å². The third kappa shape index (κ3) is 3.62. The molecule has 32 heavy (non-hydrogen) atoms. The highest BCUT2D eigenvalue weighted by Gasteiger charge is 2.53. The summed E-state index contributed by atoms with van der Waals surface area (Å²) in [6.45, 7) is 10.1. The van der Waals surface area contributed by atoms with E-state index >= 15 is 0 Å². The number of hydrogen-bond acceptors (Lipinski definition) is 7. The zero-order valence-electron chi connectivity index (χ0n) is 19.0. The zero-order chi connectivity index (χ0) is 23.3. The molecule has 1 saturated heterocycles. The predicted octanol–water partition coefficient (Wildman–Crippen LogP) is 3.47. The van der Waals surface area contributed by atoms with Gasteiger partial charge in [-0.3, -0.25) is 4.98 Å². The van der Waals surface area contributed by atoms with Crippen molar-refractivity contribution < 1.29 is 19.1 Å². The lowest BCUT2D eigenvalue weighted by Crippen LogP contribution is -2.63. The van der Waals surface area contributed by atoms with Crippen molar-refractivity contribution in [2.24, 2.45) is 5.41 Å². The number of halogens is 1. The summed E-state index contributed by atoms with van der Waals surface area (Å²) in [4.78, 5) is 8.57. The number of aromatic nitrogens is 3. The highest BCUT2D eigenvalue weighted by atomic mass is 19.1. The molecule has 0 aliphatic carbocycles. The summed E-state index contributed by atoms with van der Waals surface area (Å²) in [6, 6.07) is 6.69. The van der Waals surface area contributed by atoms with Crippen molar-refractivity contribution in [3.63, 3.8) is 0 Å². The Morgan fingerprint density at radius 1 is 1.12 bits per heavy atom. The molecule has 0 saturated carbocycles. The first-order valence-electron chi connectivity index (χ1n) is 10.7. The molecule has 3 heterocycles. The summed E-state index contributed by atoms with van der Waals surface area (Å²) in [5, 5.41) is 29.4. The van der Waals surface area contributed by atoms with Crippen molar-refractivity contribution in [3.05, 3.63) is 65.1 Å². The Morgan fingerprint density at radius 2 is 1.84 bits per heavy atom. The average molecular weight is 441 g/mol. The number of benzene rings is 1. The molecule has 0 unspecified atom stereocenters. The number of hydrogen-bond donors (Lipinski definition) is 3. The van der Waals surface area contributed by atoms with Gasteiger partial charge >= 0.3 is 0 Å². The highest BCUT2D eigenvalue weighted by molar-refractivity contribution is 5.56. The molecule has 170 valence electrons. The Morgan fingerprint density at radius 3 is 2.38 bits per heavy atom. The molecule has 4 rings (SSSR count). The van der Waals surface area contributed by atoms with E-state index in [1.807, 2.05) is 20.8 Å². The van der Waals surface area contributed by atoms with Crippen LogP contribution in [-0.2, 0) is 11.2 Å². The van der Waals surface area contributed by atoms with E-state index in [4.69, 9.17) is 4.52 Å². The van der Waals surface area contributed by atoms with E-state index in [9.17, 15) is 14.6 Å². The Kier molecular flexibility index (Phi) is 5.43. The van der Waals surface area contributed by atoms with E-state index in [1.54, 1.807) is 44.4 Å². The van der Waals surface area contributed by atoms with Crippen molar-refractivity contribution in [1.29, 1.82) is 0 Å². The molecule has 0 spiro atoms. The second kappa shape index (κ2) is 7.72. The minimum atomic E-state index is -1.50. The number of aliphatic hydroxyl groups is 2. The molecule has 0 radical (unpaired) electrons. The fourth-order valence-electron chi connectivity index (χ4n) is 4.19. The Hall–Kier alpha value is -2.68. The van der Waals surface area contributed by atoms with Crippen LogP contribution in [0.5, 0.6) is 0 Å². The number of rotatable bonds is 6. The molecule has 1 atom stereocenters. The van der Waals surface area contributed by atoms with Crippen LogP contribution in [0.2, 0.25) is 0 Å². The third-order valence-electron chi connectivity index (χ3n) is 6.31. The van der Waals surface area contributed by atoms with E-state index in [1.165, 1.54) is 6.07 Å². The lowest BCUT2D eigenvalue weighted by Gasteiger charge is -2.52. The summed E-state index contributed by atoms with van der Waals surface area (Å²) < 4.78 is 20.1. The number of nitrogens with one attached hydrogen (secondary N) is 1. The maximum Gasteiger partial charge on any atom is 0.258 e. The van der Waals surface area contributed by atoms with Crippen LogP contribution in [0.1, 0.15) is 63.1 Å². The van der Waals surface area contributed by atoms with Crippen LogP contribution >= 0.6 is 0 Å². The molecular weight excluding hydrogens is 411 g/mol. The fourth-order valence-corrected chi connectivity index (χ4v) is 4.19. The minimum absolute atomic E-state index is 0.0336. The van der Waals surface area contributed by atoms with Gasteiger partial charge in [-0.2, -0.15) is 4.98 Å². The Labute approximate surface area is 186 Å². The number of pyridine rings is 1. The molecule has 8 heteroatoms. The molecular formula is C24H29FN4O3. The standard InChI is InChI=1S/C24H29FN4O3/c1-14(2)18-7-6-16(9-19(18)25)24(31,23(5)12-27-13-23)17-8-15(10-26-11-17)20-28-21(32-29-20)22(3,4)30/h6-11,14,27,30-31H,12-13H2,1-5H3/t24-/m0/s1. The maximum absolute atomic E-state index is 14.9. The van der Waals surface area contributed by atoms with Crippen molar-refractivity contribution >= 4 is 0 Å². The van der Waals surface area contributed by atoms with Crippen LogP contribution in [0.4, 0.5) is 4.39 Å². The van der Waals surface area contributed by atoms with Gasteiger partial charge in [0.2, 0.25) is 5.82 Å². The van der Waals surface area contributed by atoms with E-state index in [0.717, 1.165) is 0 Å². The summed E-state index contributed by atoms with van der Waals surface area (Å²) in [5.41, 5.74) is -1.26. The van der Waals surface area contributed by atoms with Crippen LogP contribution < -0.4 is 5.32 Å². The minimum Gasteiger partial charge on any atom is -0.381 e. The van der Waals surface area contributed by atoms with Crippen molar-refractivity contribution in [2.45, 2.75) is 51.7 Å². The monoisotopic (exact) mass is 440 g/mol. The topological polar surface area (TPSA) is 104 Å². The largest absolute Gasteiger partial charge is 0.381 e. The van der Waals surface area contributed by atoms with Crippen molar-refractivity contribution in [3.8, 4) is 11.4 Å². The van der Waals surface area contributed by atoms with Crippen molar-refractivity contribution in [1.82, 2.24) is 20.4 Å². The molecule has 3 aromatic rings. The summed E-state index contributed by atoms with van der Waals surface area (Å²) in [6.07, 6.45) is 3.14. The molecule has 1 fully saturated rings. The van der Waals surface area contributed by atoms with Gasteiger partial charge in [-0.1, -0.05) is 38.1 Å². The smallest absolute Gasteiger partial charge is 0.258 e. The first-order chi connectivity index (χ1) is 15.0. The van der Waals surface area contributed by atoms with Crippen LogP contribution in [0.3, 0.4) is 0 Å². The van der Waals surface area contributed by atoms with E-state index in [2.05, 4.69) is 20.4 Å². The Bertz CT molecular complexity index is 1130. The number of nitrogens with zero attached hydrogens (tertiary/aromatic N) is 3. The van der Waals surface area contributed by atoms with Crippen LogP contribution in [0.25, 0.3) is 11.4 Å². The summed E-state index contributed by atoms with van der Waals surface area (Å²) >= 11 is 0. The van der Waals surface area contributed by atoms with E-state index in [0.29, 0.717) is 35.3 Å². The molecule has 1 aromatic carbocycles. The van der Waals surface area contributed by atoms with Gasteiger partial charge < -0.3 is 20.1 Å².